The van der Waals surface area contributed by atoms with Gasteiger partial charge in [-0.2, -0.15) is 14.0 Å². The first-order chi connectivity index (χ1) is 9.60. The average Bonchev–Trinajstić information content (AvgIpc) is 2.42. The van der Waals surface area contributed by atoms with Crippen LogP contribution in [0.4, 0.5) is 26.0 Å². The van der Waals surface area contributed by atoms with E-state index in [2.05, 4.69) is 15.0 Å². The molecule has 1 aromatic carbocycles. The van der Waals surface area contributed by atoms with E-state index in [1.54, 1.807) is 18.2 Å². The smallest absolute Gasteiger partial charge is 0.387 e. The van der Waals surface area contributed by atoms with Crippen molar-refractivity contribution in [3.05, 3.63) is 42.1 Å². The number of nitrogens with one attached hydrogen (secondary N) is 1. The fourth-order valence-electron chi connectivity index (χ4n) is 1.54. The van der Waals surface area contributed by atoms with Gasteiger partial charge in [0.25, 0.3) is 0 Å². The monoisotopic (exact) mass is 276 g/mol. The first-order valence-electron chi connectivity index (χ1n) is 5.57. The van der Waals surface area contributed by atoms with Crippen LogP contribution in [0.1, 0.15) is 5.69 Å². The Balaban J connectivity index is 2.28. The Morgan fingerprint density at radius 2 is 2.00 bits per heavy atom. The van der Waals surface area contributed by atoms with E-state index >= 15 is 0 Å². The summed E-state index contributed by atoms with van der Waals surface area (Å²) in [6.45, 7) is -2.92. The predicted octanol–water partition coefficient (Wildman–Crippen LogP) is 2.88. The largest absolute Gasteiger partial charge is 0.433 e. The normalized spacial score (nSPS) is 10.1. The molecule has 1 heterocycles. The Bertz CT molecular complexity index is 655. The summed E-state index contributed by atoms with van der Waals surface area (Å²) in [5.41, 5.74) is 6.17. The van der Waals surface area contributed by atoms with Gasteiger partial charge in [0.05, 0.1) is 11.4 Å². The number of para-hydroxylation sites is 2. The maximum atomic E-state index is 12.3. The van der Waals surface area contributed by atoms with Crippen molar-refractivity contribution in [3.63, 3.8) is 0 Å². The van der Waals surface area contributed by atoms with Gasteiger partial charge in [-0.25, -0.2) is 4.98 Å². The molecular weight excluding hydrogens is 266 g/mol. The first-order valence-corrected chi connectivity index (χ1v) is 5.57. The molecule has 0 radical (unpaired) electrons. The molecule has 0 amide bonds. The molecule has 0 saturated carbocycles. The van der Waals surface area contributed by atoms with Crippen molar-refractivity contribution in [1.29, 1.82) is 5.26 Å². The summed E-state index contributed by atoms with van der Waals surface area (Å²) in [6.07, 6.45) is 0. The second-order valence-corrected chi connectivity index (χ2v) is 3.75. The number of anilines is 3. The van der Waals surface area contributed by atoms with Crippen LogP contribution in [-0.2, 0) is 0 Å². The van der Waals surface area contributed by atoms with Gasteiger partial charge in [0.1, 0.15) is 17.6 Å². The molecule has 7 heteroatoms. The van der Waals surface area contributed by atoms with Gasteiger partial charge in [-0.1, -0.05) is 12.1 Å². The molecule has 0 aliphatic carbocycles. The molecule has 2 rings (SSSR count). The van der Waals surface area contributed by atoms with Crippen molar-refractivity contribution < 1.29 is 13.5 Å². The van der Waals surface area contributed by atoms with E-state index in [-0.39, 0.29) is 17.1 Å². The molecule has 0 saturated heterocycles. The molecule has 3 N–H and O–H groups in total. The van der Waals surface area contributed by atoms with Crippen molar-refractivity contribution >= 4 is 17.2 Å². The summed E-state index contributed by atoms with van der Waals surface area (Å²) in [4.78, 5) is 3.97. The molecule has 0 fully saturated rings. The second kappa shape index (κ2) is 5.84. The lowest BCUT2D eigenvalue weighted by Crippen LogP contribution is -2.05. The van der Waals surface area contributed by atoms with Gasteiger partial charge in [0.2, 0.25) is 0 Å². The number of nitriles is 1. The number of halogens is 2. The van der Waals surface area contributed by atoms with Gasteiger partial charge in [0.15, 0.2) is 5.69 Å². The molecule has 0 aliphatic heterocycles. The maximum Gasteiger partial charge on any atom is 0.387 e. The molecule has 5 nitrogen and oxygen atoms in total. The van der Waals surface area contributed by atoms with E-state index in [0.717, 1.165) is 0 Å². The van der Waals surface area contributed by atoms with Gasteiger partial charge in [-0.15, -0.1) is 0 Å². The Morgan fingerprint density at radius 3 is 2.70 bits per heavy atom. The fourth-order valence-corrected chi connectivity index (χ4v) is 1.54. The van der Waals surface area contributed by atoms with Gasteiger partial charge in [0, 0.05) is 0 Å². The standard InChI is InChI=1S/C13H10F2N4O/c14-13(15)20-11-4-2-1-3-9(11)18-12-6-5-8(17)10(7-16)19-12/h1-6,13H,17H2,(H,18,19). The highest BCUT2D eigenvalue weighted by molar-refractivity contribution is 5.66. The molecule has 102 valence electrons. The molecule has 0 atom stereocenters. The van der Waals surface area contributed by atoms with Crippen LogP contribution in [-0.4, -0.2) is 11.6 Å². The molecule has 0 aliphatic rings. The van der Waals surface area contributed by atoms with Gasteiger partial charge in [-0.3, -0.25) is 0 Å². The lowest BCUT2D eigenvalue weighted by Gasteiger charge is -2.12. The summed E-state index contributed by atoms with van der Waals surface area (Å²) in [5, 5.41) is 11.6. The van der Waals surface area contributed by atoms with Crippen LogP contribution >= 0.6 is 0 Å². The number of rotatable bonds is 4. The van der Waals surface area contributed by atoms with Crippen LogP contribution in [0.5, 0.6) is 5.75 Å². The SMILES string of the molecule is N#Cc1nc(Nc2ccccc2OC(F)F)ccc1N. The number of benzene rings is 1. The van der Waals surface area contributed by atoms with Crippen LogP contribution in [0.2, 0.25) is 0 Å². The van der Waals surface area contributed by atoms with Gasteiger partial charge >= 0.3 is 6.61 Å². The third kappa shape index (κ3) is 3.11. The van der Waals surface area contributed by atoms with E-state index in [4.69, 9.17) is 11.0 Å². The van der Waals surface area contributed by atoms with E-state index in [1.807, 2.05) is 6.07 Å². The molecule has 0 bridgehead atoms. The number of pyridine rings is 1. The summed E-state index contributed by atoms with van der Waals surface area (Å²) in [6, 6.07) is 11.1. The third-order valence-corrected chi connectivity index (χ3v) is 2.40. The number of hydrogen-bond acceptors (Lipinski definition) is 5. The topological polar surface area (TPSA) is 84.0 Å². The Labute approximate surface area is 113 Å². The lowest BCUT2D eigenvalue weighted by atomic mass is 10.2. The zero-order valence-corrected chi connectivity index (χ0v) is 10.2. The zero-order valence-electron chi connectivity index (χ0n) is 10.2. The summed E-state index contributed by atoms with van der Waals surface area (Å²) < 4.78 is 29.0. The molecule has 20 heavy (non-hydrogen) atoms. The molecule has 0 unspecified atom stereocenters. The molecule has 1 aromatic heterocycles. The number of aromatic nitrogens is 1. The van der Waals surface area contributed by atoms with Gasteiger partial charge in [-0.05, 0) is 24.3 Å². The lowest BCUT2D eigenvalue weighted by molar-refractivity contribution is -0.0493. The number of nitrogens with zero attached hydrogens (tertiary/aromatic N) is 2. The van der Waals surface area contributed by atoms with Crippen LogP contribution in [0, 0.1) is 11.3 Å². The van der Waals surface area contributed by atoms with Crippen molar-refractivity contribution in [2.45, 2.75) is 6.61 Å². The fraction of sp³-hybridized carbons (Fsp3) is 0.0769. The van der Waals surface area contributed by atoms with E-state index in [1.165, 1.54) is 18.2 Å². The summed E-state index contributed by atoms with van der Waals surface area (Å²) in [5.74, 6) is 0.292. The minimum Gasteiger partial charge on any atom is -0.433 e. The van der Waals surface area contributed by atoms with E-state index in [0.29, 0.717) is 11.5 Å². The number of nitrogen functional groups attached to an aromatic ring is 1. The quantitative estimate of drug-likeness (QED) is 0.897. The van der Waals surface area contributed by atoms with Crippen LogP contribution in [0.25, 0.3) is 0 Å². The summed E-state index contributed by atoms with van der Waals surface area (Å²) >= 11 is 0. The van der Waals surface area contributed by atoms with Crippen molar-refractivity contribution in [2.24, 2.45) is 0 Å². The average molecular weight is 276 g/mol. The first kappa shape index (κ1) is 13.5. The molecule has 2 aromatic rings. The van der Waals surface area contributed by atoms with E-state index < -0.39 is 6.61 Å². The van der Waals surface area contributed by atoms with Crippen molar-refractivity contribution in [1.82, 2.24) is 4.98 Å². The number of ether oxygens (including phenoxy) is 1. The Hall–Kier alpha value is -2.88. The van der Waals surface area contributed by atoms with Crippen molar-refractivity contribution in [3.8, 4) is 11.8 Å². The minimum absolute atomic E-state index is 0.0142. The number of hydrogen-bond donors (Lipinski definition) is 2. The summed E-state index contributed by atoms with van der Waals surface area (Å²) in [7, 11) is 0. The van der Waals surface area contributed by atoms with Crippen LogP contribution in [0.15, 0.2) is 36.4 Å². The van der Waals surface area contributed by atoms with E-state index in [9.17, 15) is 8.78 Å². The highest BCUT2D eigenvalue weighted by Gasteiger charge is 2.10. The Kier molecular flexibility index (Phi) is 3.96. The zero-order chi connectivity index (χ0) is 14.5. The Morgan fingerprint density at radius 1 is 1.25 bits per heavy atom. The molecular formula is C13H10F2N4O. The van der Waals surface area contributed by atoms with Crippen molar-refractivity contribution in [2.75, 3.05) is 11.1 Å². The van der Waals surface area contributed by atoms with Crippen LogP contribution < -0.4 is 15.8 Å². The number of alkyl halides is 2. The highest BCUT2D eigenvalue weighted by atomic mass is 19.3. The van der Waals surface area contributed by atoms with Crippen LogP contribution in [0.3, 0.4) is 0 Å². The third-order valence-electron chi connectivity index (χ3n) is 2.40. The maximum absolute atomic E-state index is 12.3. The predicted molar refractivity (Wildman–Crippen MR) is 69.7 cm³/mol. The second-order valence-electron chi connectivity index (χ2n) is 3.75. The van der Waals surface area contributed by atoms with Gasteiger partial charge < -0.3 is 15.8 Å². The number of nitrogens with two attached hydrogens (primary N) is 1. The highest BCUT2D eigenvalue weighted by Crippen LogP contribution is 2.28. The minimum atomic E-state index is -2.92. The molecule has 0 spiro atoms.